The topological polar surface area (TPSA) is 51.3 Å². The molecular formula is C16H25N3O. The van der Waals surface area contributed by atoms with Crippen molar-refractivity contribution in [1.82, 2.24) is 9.47 Å². The Bertz CT molecular complexity index is 543. The number of likely N-dealkylation sites (N-methyl/N-ethyl adjacent to an activating group) is 1. The molecule has 0 radical (unpaired) electrons. The van der Waals surface area contributed by atoms with Gasteiger partial charge in [-0.25, -0.2) is 0 Å². The number of anilines is 1. The summed E-state index contributed by atoms with van der Waals surface area (Å²) in [5.41, 5.74) is 8.97. The Labute approximate surface area is 120 Å². The van der Waals surface area contributed by atoms with Crippen molar-refractivity contribution in [2.24, 2.45) is 0 Å². The summed E-state index contributed by atoms with van der Waals surface area (Å²) in [7, 11) is 0. The van der Waals surface area contributed by atoms with Crippen molar-refractivity contribution < 1.29 is 0 Å². The Kier molecular flexibility index (Phi) is 3.83. The summed E-state index contributed by atoms with van der Waals surface area (Å²) < 4.78 is 2.05. The SMILES string of the molecule is CCN1CCc2c(cc(N)c(=O)n2C2CCCCC2)C1. The van der Waals surface area contributed by atoms with Gasteiger partial charge in [0, 0.05) is 31.2 Å². The summed E-state index contributed by atoms with van der Waals surface area (Å²) in [6.07, 6.45) is 7.03. The van der Waals surface area contributed by atoms with Crippen LogP contribution in [0.25, 0.3) is 0 Å². The van der Waals surface area contributed by atoms with Gasteiger partial charge in [-0.1, -0.05) is 26.2 Å². The van der Waals surface area contributed by atoms with Gasteiger partial charge in [-0.15, -0.1) is 0 Å². The van der Waals surface area contributed by atoms with E-state index >= 15 is 0 Å². The number of rotatable bonds is 2. The number of pyridine rings is 1. The second-order valence-corrected chi connectivity index (χ2v) is 6.16. The lowest BCUT2D eigenvalue weighted by molar-refractivity contribution is 0.253. The largest absolute Gasteiger partial charge is 0.394 e. The van der Waals surface area contributed by atoms with Crippen LogP contribution >= 0.6 is 0 Å². The number of nitrogen functional groups attached to an aromatic ring is 1. The summed E-state index contributed by atoms with van der Waals surface area (Å²) in [4.78, 5) is 14.9. The van der Waals surface area contributed by atoms with Gasteiger partial charge in [0.2, 0.25) is 0 Å². The molecule has 0 bridgehead atoms. The van der Waals surface area contributed by atoms with Crippen LogP contribution in [0.2, 0.25) is 0 Å². The van der Waals surface area contributed by atoms with Crippen LogP contribution in [0.1, 0.15) is 56.3 Å². The molecule has 1 fully saturated rings. The lowest BCUT2D eigenvalue weighted by Crippen LogP contribution is -2.38. The lowest BCUT2D eigenvalue weighted by atomic mass is 9.93. The molecule has 1 saturated carbocycles. The zero-order valence-corrected chi connectivity index (χ0v) is 12.4. The first-order chi connectivity index (χ1) is 9.70. The Morgan fingerprint density at radius 3 is 2.75 bits per heavy atom. The fourth-order valence-corrected chi connectivity index (χ4v) is 3.75. The maximum absolute atomic E-state index is 12.5. The summed E-state index contributed by atoms with van der Waals surface area (Å²) in [5.74, 6) is 0. The number of fused-ring (bicyclic) bond motifs is 1. The van der Waals surface area contributed by atoms with E-state index in [1.807, 2.05) is 6.07 Å². The molecule has 0 unspecified atom stereocenters. The van der Waals surface area contributed by atoms with E-state index < -0.39 is 0 Å². The molecule has 4 nitrogen and oxygen atoms in total. The summed E-state index contributed by atoms with van der Waals surface area (Å²) in [5, 5.41) is 0. The first kappa shape index (κ1) is 13.7. The third-order valence-corrected chi connectivity index (χ3v) is 4.90. The standard InChI is InChI=1S/C16H25N3O/c1-2-18-9-8-15-12(11-18)10-14(17)16(20)19(15)13-6-4-3-5-7-13/h10,13H,2-9,11,17H2,1H3. The Balaban J connectivity index is 2.04. The van der Waals surface area contributed by atoms with Gasteiger partial charge in [-0.05, 0) is 31.0 Å². The highest BCUT2D eigenvalue weighted by molar-refractivity contribution is 5.42. The van der Waals surface area contributed by atoms with Crippen LogP contribution in [0, 0.1) is 0 Å². The highest BCUT2D eigenvalue weighted by Gasteiger charge is 2.25. The molecule has 1 aliphatic heterocycles. The Hall–Kier alpha value is -1.29. The molecule has 0 aromatic carbocycles. The minimum absolute atomic E-state index is 0.0422. The maximum atomic E-state index is 12.5. The van der Waals surface area contributed by atoms with Crippen LogP contribution in [0.15, 0.2) is 10.9 Å². The number of hydrogen-bond acceptors (Lipinski definition) is 3. The molecule has 2 aliphatic rings. The fourth-order valence-electron chi connectivity index (χ4n) is 3.75. The van der Waals surface area contributed by atoms with Crippen LogP contribution < -0.4 is 11.3 Å². The number of nitrogens with zero attached hydrogens (tertiary/aromatic N) is 2. The Morgan fingerprint density at radius 1 is 1.30 bits per heavy atom. The van der Waals surface area contributed by atoms with E-state index in [0.29, 0.717) is 11.7 Å². The average Bonchev–Trinajstić information content (AvgIpc) is 2.49. The Morgan fingerprint density at radius 2 is 2.05 bits per heavy atom. The van der Waals surface area contributed by atoms with Crippen LogP contribution in [0.5, 0.6) is 0 Å². The van der Waals surface area contributed by atoms with Crippen molar-refractivity contribution in [3.05, 3.63) is 27.7 Å². The van der Waals surface area contributed by atoms with E-state index in [1.165, 1.54) is 30.5 Å². The molecule has 0 atom stereocenters. The molecule has 2 heterocycles. The van der Waals surface area contributed by atoms with Crippen molar-refractivity contribution in [3.8, 4) is 0 Å². The van der Waals surface area contributed by atoms with Crippen molar-refractivity contribution in [2.45, 2.75) is 58.0 Å². The van der Waals surface area contributed by atoms with Gasteiger partial charge in [-0.2, -0.15) is 0 Å². The molecule has 0 spiro atoms. The predicted octanol–water partition coefficient (Wildman–Crippen LogP) is 2.31. The van der Waals surface area contributed by atoms with Gasteiger partial charge in [0.15, 0.2) is 0 Å². The molecule has 4 heteroatoms. The van der Waals surface area contributed by atoms with E-state index in [-0.39, 0.29) is 5.56 Å². The third-order valence-electron chi connectivity index (χ3n) is 4.90. The number of nitrogens with two attached hydrogens (primary N) is 1. The van der Waals surface area contributed by atoms with Gasteiger partial charge in [0.05, 0.1) is 5.69 Å². The average molecular weight is 275 g/mol. The van der Waals surface area contributed by atoms with E-state index in [9.17, 15) is 4.79 Å². The van der Waals surface area contributed by atoms with E-state index in [4.69, 9.17) is 5.73 Å². The molecule has 3 rings (SSSR count). The first-order valence-electron chi connectivity index (χ1n) is 7.95. The minimum atomic E-state index is 0.0422. The van der Waals surface area contributed by atoms with Gasteiger partial charge < -0.3 is 10.3 Å². The van der Waals surface area contributed by atoms with Gasteiger partial charge in [-0.3, -0.25) is 9.69 Å². The molecule has 1 aromatic heterocycles. The molecule has 1 aromatic rings. The fraction of sp³-hybridized carbons (Fsp3) is 0.688. The summed E-state index contributed by atoms with van der Waals surface area (Å²) >= 11 is 0. The highest BCUT2D eigenvalue weighted by Crippen LogP contribution is 2.30. The van der Waals surface area contributed by atoms with E-state index in [1.54, 1.807) is 0 Å². The second-order valence-electron chi connectivity index (χ2n) is 6.16. The van der Waals surface area contributed by atoms with Crippen LogP contribution in [0.4, 0.5) is 5.69 Å². The number of aromatic nitrogens is 1. The smallest absolute Gasteiger partial charge is 0.274 e. The molecule has 0 amide bonds. The molecule has 20 heavy (non-hydrogen) atoms. The van der Waals surface area contributed by atoms with Gasteiger partial charge in [0.25, 0.3) is 5.56 Å². The van der Waals surface area contributed by atoms with Gasteiger partial charge in [0.1, 0.15) is 0 Å². The predicted molar refractivity (Wildman–Crippen MR) is 81.9 cm³/mol. The van der Waals surface area contributed by atoms with Crippen LogP contribution in [-0.4, -0.2) is 22.6 Å². The van der Waals surface area contributed by atoms with Gasteiger partial charge >= 0.3 is 0 Å². The monoisotopic (exact) mass is 275 g/mol. The lowest BCUT2D eigenvalue weighted by Gasteiger charge is -2.33. The van der Waals surface area contributed by atoms with Crippen molar-refractivity contribution in [3.63, 3.8) is 0 Å². The zero-order valence-electron chi connectivity index (χ0n) is 12.4. The van der Waals surface area contributed by atoms with Crippen molar-refractivity contribution in [1.29, 1.82) is 0 Å². The zero-order chi connectivity index (χ0) is 14.1. The molecule has 2 N–H and O–H groups in total. The second kappa shape index (κ2) is 5.60. The van der Waals surface area contributed by atoms with Crippen LogP contribution in [0.3, 0.4) is 0 Å². The summed E-state index contributed by atoms with van der Waals surface area (Å²) in [6, 6.07) is 2.29. The van der Waals surface area contributed by atoms with Crippen molar-refractivity contribution >= 4 is 5.69 Å². The van der Waals surface area contributed by atoms with E-state index in [2.05, 4.69) is 16.4 Å². The number of hydrogen-bond donors (Lipinski definition) is 1. The third kappa shape index (κ3) is 2.37. The molecular weight excluding hydrogens is 250 g/mol. The highest BCUT2D eigenvalue weighted by atomic mass is 16.1. The molecule has 110 valence electrons. The van der Waals surface area contributed by atoms with E-state index in [0.717, 1.165) is 38.9 Å². The summed E-state index contributed by atoms with van der Waals surface area (Å²) in [6.45, 7) is 5.23. The molecule has 1 aliphatic carbocycles. The quantitative estimate of drug-likeness (QED) is 0.901. The molecule has 0 saturated heterocycles. The minimum Gasteiger partial charge on any atom is -0.394 e. The van der Waals surface area contributed by atoms with Crippen LogP contribution in [-0.2, 0) is 13.0 Å². The maximum Gasteiger partial charge on any atom is 0.274 e. The normalized spacial score (nSPS) is 20.9. The first-order valence-corrected chi connectivity index (χ1v) is 7.95. The van der Waals surface area contributed by atoms with Crippen molar-refractivity contribution in [2.75, 3.05) is 18.8 Å².